The highest BCUT2D eigenvalue weighted by Crippen LogP contribution is 2.26. The van der Waals surface area contributed by atoms with Crippen molar-refractivity contribution in [3.63, 3.8) is 0 Å². The van der Waals surface area contributed by atoms with E-state index in [-0.39, 0.29) is 11.6 Å². The average molecular weight is 359 g/mol. The number of rotatable bonds is 5. The van der Waals surface area contributed by atoms with E-state index in [2.05, 4.69) is 37.2 Å². The standard InChI is InChI=1S/C19H17N7O/c1-12-13(11-20)6-5-7-14(12)23-15-10-17(24-16-8-3-4-9-22-16)25-26-18(15)19(27)21-2/h3-10H,1-2H3,(H,21,27)(H2,22,23,24,25). The lowest BCUT2D eigenvalue weighted by molar-refractivity contribution is 0.0958. The Morgan fingerprint density at radius 3 is 2.59 bits per heavy atom. The van der Waals surface area contributed by atoms with Crippen LogP contribution in [0, 0.1) is 18.3 Å². The van der Waals surface area contributed by atoms with Gasteiger partial charge in [0.25, 0.3) is 5.91 Å². The molecule has 3 rings (SSSR count). The molecular weight excluding hydrogens is 342 g/mol. The van der Waals surface area contributed by atoms with Gasteiger partial charge in [-0.15, -0.1) is 10.2 Å². The number of aromatic nitrogens is 3. The quantitative estimate of drug-likeness (QED) is 0.641. The van der Waals surface area contributed by atoms with Crippen LogP contribution in [0.25, 0.3) is 0 Å². The van der Waals surface area contributed by atoms with E-state index in [1.807, 2.05) is 25.1 Å². The highest BCUT2D eigenvalue weighted by molar-refractivity contribution is 5.98. The second-order valence-electron chi connectivity index (χ2n) is 5.63. The predicted molar refractivity (Wildman–Crippen MR) is 102 cm³/mol. The fraction of sp³-hybridized carbons (Fsp3) is 0.105. The van der Waals surface area contributed by atoms with Crippen LogP contribution in [0.2, 0.25) is 0 Å². The van der Waals surface area contributed by atoms with Crippen LogP contribution < -0.4 is 16.0 Å². The molecule has 1 amide bonds. The summed E-state index contributed by atoms with van der Waals surface area (Å²) in [5.41, 5.74) is 2.64. The molecule has 1 aromatic carbocycles. The van der Waals surface area contributed by atoms with Gasteiger partial charge in [0.2, 0.25) is 0 Å². The second-order valence-corrected chi connectivity index (χ2v) is 5.63. The number of hydrogen-bond acceptors (Lipinski definition) is 7. The number of amides is 1. The van der Waals surface area contributed by atoms with Crippen LogP contribution in [-0.4, -0.2) is 28.1 Å². The molecule has 3 N–H and O–H groups in total. The molecule has 8 heteroatoms. The van der Waals surface area contributed by atoms with Crippen molar-refractivity contribution in [2.45, 2.75) is 6.92 Å². The maximum atomic E-state index is 12.2. The van der Waals surface area contributed by atoms with Gasteiger partial charge >= 0.3 is 0 Å². The molecule has 0 fully saturated rings. The summed E-state index contributed by atoms with van der Waals surface area (Å²) in [6, 6.07) is 14.6. The van der Waals surface area contributed by atoms with Crippen molar-refractivity contribution in [2.24, 2.45) is 0 Å². The molecule has 0 aliphatic heterocycles. The summed E-state index contributed by atoms with van der Waals surface area (Å²) in [4.78, 5) is 16.3. The van der Waals surface area contributed by atoms with Gasteiger partial charge in [-0.3, -0.25) is 4.79 Å². The molecule has 2 heterocycles. The Balaban J connectivity index is 1.99. The molecule has 0 unspecified atom stereocenters. The SMILES string of the molecule is CNC(=O)c1nnc(Nc2ccccn2)cc1Nc1cccc(C#N)c1C. The molecular formula is C19H17N7O. The Hall–Kier alpha value is -3.99. The molecule has 0 spiro atoms. The lowest BCUT2D eigenvalue weighted by Crippen LogP contribution is -2.21. The van der Waals surface area contributed by atoms with Crippen LogP contribution in [0.3, 0.4) is 0 Å². The molecule has 0 bridgehead atoms. The first-order chi connectivity index (χ1) is 13.1. The van der Waals surface area contributed by atoms with Gasteiger partial charge in [0, 0.05) is 25.0 Å². The minimum Gasteiger partial charge on any atom is -0.354 e. The summed E-state index contributed by atoms with van der Waals surface area (Å²) in [5.74, 6) is 0.662. The Kier molecular flexibility index (Phi) is 5.23. The monoisotopic (exact) mass is 359 g/mol. The molecule has 0 atom stereocenters. The summed E-state index contributed by atoms with van der Waals surface area (Å²) in [5, 5.41) is 26.1. The maximum absolute atomic E-state index is 12.2. The number of hydrogen-bond donors (Lipinski definition) is 3. The molecule has 2 aromatic heterocycles. The number of anilines is 4. The van der Waals surface area contributed by atoms with Crippen molar-refractivity contribution in [1.29, 1.82) is 5.26 Å². The van der Waals surface area contributed by atoms with Crippen molar-refractivity contribution >= 4 is 28.9 Å². The fourth-order valence-corrected chi connectivity index (χ4v) is 2.44. The lowest BCUT2D eigenvalue weighted by atomic mass is 10.1. The maximum Gasteiger partial charge on any atom is 0.273 e. The van der Waals surface area contributed by atoms with E-state index < -0.39 is 0 Å². The first-order valence-corrected chi connectivity index (χ1v) is 8.17. The van der Waals surface area contributed by atoms with Crippen molar-refractivity contribution < 1.29 is 4.79 Å². The molecule has 0 saturated carbocycles. The largest absolute Gasteiger partial charge is 0.354 e. The fourth-order valence-electron chi connectivity index (χ4n) is 2.44. The van der Waals surface area contributed by atoms with Crippen LogP contribution in [0.4, 0.5) is 23.0 Å². The number of nitrogens with one attached hydrogen (secondary N) is 3. The zero-order valence-corrected chi connectivity index (χ0v) is 14.8. The summed E-state index contributed by atoms with van der Waals surface area (Å²) < 4.78 is 0. The zero-order chi connectivity index (χ0) is 19.2. The van der Waals surface area contributed by atoms with Crippen LogP contribution in [0.15, 0.2) is 48.7 Å². The van der Waals surface area contributed by atoms with Gasteiger partial charge in [0.1, 0.15) is 5.82 Å². The highest BCUT2D eigenvalue weighted by Gasteiger charge is 2.16. The third-order valence-corrected chi connectivity index (χ3v) is 3.88. The number of nitrogens with zero attached hydrogens (tertiary/aromatic N) is 4. The first kappa shape index (κ1) is 17.8. The Morgan fingerprint density at radius 1 is 1.04 bits per heavy atom. The smallest absolute Gasteiger partial charge is 0.273 e. The third-order valence-electron chi connectivity index (χ3n) is 3.88. The molecule has 0 saturated heterocycles. The Morgan fingerprint density at radius 2 is 1.89 bits per heavy atom. The molecule has 27 heavy (non-hydrogen) atoms. The van der Waals surface area contributed by atoms with E-state index in [1.54, 1.807) is 30.5 Å². The molecule has 0 radical (unpaired) electrons. The van der Waals surface area contributed by atoms with Gasteiger partial charge in [-0.2, -0.15) is 5.26 Å². The summed E-state index contributed by atoms with van der Waals surface area (Å²) in [6.07, 6.45) is 1.66. The summed E-state index contributed by atoms with van der Waals surface area (Å²) in [7, 11) is 1.52. The van der Waals surface area contributed by atoms with E-state index in [0.29, 0.717) is 28.6 Å². The van der Waals surface area contributed by atoms with Gasteiger partial charge < -0.3 is 16.0 Å². The van der Waals surface area contributed by atoms with Gasteiger partial charge in [0.05, 0.1) is 17.3 Å². The minimum atomic E-state index is -0.372. The summed E-state index contributed by atoms with van der Waals surface area (Å²) in [6.45, 7) is 1.84. The highest BCUT2D eigenvalue weighted by atomic mass is 16.1. The van der Waals surface area contributed by atoms with E-state index in [1.165, 1.54) is 7.05 Å². The van der Waals surface area contributed by atoms with Gasteiger partial charge in [0.15, 0.2) is 11.5 Å². The van der Waals surface area contributed by atoms with E-state index >= 15 is 0 Å². The minimum absolute atomic E-state index is 0.144. The second kappa shape index (κ2) is 7.93. The topological polar surface area (TPSA) is 116 Å². The molecule has 134 valence electrons. The van der Waals surface area contributed by atoms with Gasteiger partial charge in [-0.05, 0) is 36.8 Å². The molecule has 3 aromatic rings. The average Bonchev–Trinajstić information content (AvgIpc) is 2.70. The van der Waals surface area contributed by atoms with Crippen LogP contribution in [0.5, 0.6) is 0 Å². The first-order valence-electron chi connectivity index (χ1n) is 8.17. The summed E-state index contributed by atoms with van der Waals surface area (Å²) >= 11 is 0. The van der Waals surface area contributed by atoms with Crippen molar-refractivity contribution in [3.05, 3.63) is 65.5 Å². The normalized spacial score (nSPS) is 9.96. The lowest BCUT2D eigenvalue weighted by Gasteiger charge is -2.14. The van der Waals surface area contributed by atoms with E-state index in [4.69, 9.17) is 0 Å². The van der Waals surface area contributed by atoms with Gasteiger partial charge in [-0.25, -0.2) is 4.98 Å². The Bertz CT molecular complexity index is 1010. The van der Waals surface area contributed by atoms with E-state index in [0.717, 1.165) is 5.56 Å². The Labute approximate surface area is 156 Å². The molecule has 8 nitrogen and oxygen atoms in total. The van der Waals surface area contributed by atoms with Gasteiger partial charge in [-0.1, -0.05) is 12.1 Å². The number of pyridine rings is 1. The zero-order valence-electron chi connectivity index (χ0n) is 14.8. The van der Waals surface area contributed by atoms with Crippen LogP contribution in [0.1, 0.15) is 21.6 Å². The molecule has 0 aliphatic carbocycles. The number of carbonyl (C=O) groups excluding carboxylic acids is 1. The number of nitriles is 1. The van der Waals surface area contributed by atoms with Crippen LogP contribution in [-0.2, 0) is 0 Å². The van der Waals surface area contributed by atoms with Crippen molar-refractivity contribution in [2.75, 3.05) is 17.7 Å². The number of carbonyl (C=O) groups is 1. The van der Waals surface area contributed by atoms with E-state index in [9.17, 15) is 10.1 Å². The molecule has 0 aliphatic rings. The third kappa shape index (κ3) is 3.99. The van der Waals surface area contributed by atoms with Crippen molar-refractivity contribution in [3.8, 4) is 6.07 Å². The van der Waals surface area contributed by atoms with Crippen LogP contribution >= 0.6 is 0 Å². The predicted octanol–water partition coefficient (Wildman–Crippen LogP) is 2.90. The number of benzene rings is 1. The van der Waals surface area contributed by atoms with Crippen molar-refractivity contribution in [1.82, 2.24) is 20.5 Å².